The van der Waals surface area contributed by atoms with E-state index in [-0.39, 0.29) is 29.7 Å². The molecule has 0 aromatic heterocycles. The number of amides is 1. The third-order valence-electron chi connectivity index (χ3n) is 10.4. The van der Waals surface area contributed by atoms with E-state index in [1.165, 1.54) is 24.2 Å². The first-order valence-corrected chi connectivity index (χ1v) is 14.7. The highest BCUT2D eigenvalue weighted by molar-refractivity contribution is 6.24. The molecule has 1 saturated heterocycles. The van der Waals surface area contributed by atoms with Gasteiger partial charge in [0.2, 0.25) is 5.78 Å². The number of aliphatic hydroxyl groups is 3. The standard InChI is InChI=1S/C31H40N4O7/c1-33(2)24-17(13-35-11-14-6-5-7-15(14)12-35)10-20(36)22-18(24)8-16-9-19-25(34(3)4)27(38)23(30(32)41)29(40)31(19,42)28(39)21(16)26(22)37/h10,14-16,19,25,36-37,40,42H,5-9,11-13H2,1-4H3,(H2,32,41)/t14-,15?,16-,19-,25-,31-/m0/s1. The number of aromatic hydroxyl groups is 1. The molecule has 0 bridgehead atoms. The van der Waals surface area contributed by atoms with Gasteiger partial charge < -0.3 is 31.1 Å². The summed E-state index contributed by atoms with van der Waals surface area (Å²) in [6.45, 7) is 2.69. The SMILES string of the molecule is CN(C)c1c(CN2CC3CCC[C@H]3C2)cc(O)c2c1C[C@H]1C[C@H]3[C@H](N(C)C)C(=O)C(C(N)=O)=C(O)[C@@]3(O)C(=O)C1=C2O. The Hall–Kier alpha value is -3.41. The highest BCUT2D eigenvalue weighted by Crippen LogP contribution is 2.54. The summed E-state index contributed by atoms with van der Waals surface area (Å²) in [6.07, 6.45) is 4.13. The minimum atomic E-state index is -2.64. The van der Waals surface area contributed by atoms with Crippen LogP contribution in [0.2, 0.25) is 0 Å². The van der Waals surface area contributed by atoms with Gasteiger partial charge in [-0.05, 0) is 74.7 Å². The van der Waals surface area contributed by atoms with Gasteiger partial charge in [-0.15, -0.1) is 0 Å². The number of hydrogen-bond donors (Lipinski definition) is 5. The van der Waals surface area contributed by atoms with Gasteiger partial charge >= 0.3 is 0 Å². The Bertz CT molecular complexity index is 1450. The zero-order chi connectivity index (χ0) is 30.4. The summed E-state index contributed by atoms with van der Waals surface area (Å²) in [7, 11) is 7.00. The van der Waals surface area contributed by atoms with Crippen LogP contribution in [0.1, 0.15) is 42.4 Å². The fourth-order valence-corrected chi connectivity index (χ4v) is 8.75. The number of Topliss-reactive ketones (excluding diaryl/α,β-unsaturated/α-hetero) is 2. The fourth-order valence-electron chi connectivity index (χ4n) is 8.75. The van der Waals surface area contributed by atoms with Gasteiger partial charge in [0.1, 0.15) is 22.8 Å². The van der Waals surface area contributed by atoms with Crippen LogP contribution in [0.15, 0.2) is 23.0 Å². The van der Waals surface area contributed by atoms with Crippen LogP contribution in [0.5, 0.6) is 5.75 Å². The molecule has 4 aliphatic carbocycles. The number of benzene rings is 1. The molecule has 6 atom stereocenters. The monoisotopic (exact) mass is 580 g/mol. The summed E-state index contributed by atoms with van der Waals surface area (Å²) in [5.41, 5.74) is 4.42. The Morgan fingerprint density at radius 1 is 1.10 bits per heavy atom. The number of fused-ring (bicyclic) bond motifs is 4. The highest BCUT2D eigenvalue weighted by Gasteiger charge is 2.64. The lowest BCUT2D eigenvalue weighted by molar-refractivity contribution is -0.153. The predicted molar refractivity (Wildman–Crippen MR) is 155 cm³/mol. The summed E-state index contributed by atoms with van der Waals surface area (Å²) >= 11 is 0. The number of carbonyl (C=O) groups is 3. The molecule has 1 unspecified atom stereocenters. The van der Waals surface area contributed by atoms with Crippen molar-refractivity contribution in [2.75, 3.05) is 46.2 Å². The van der Waals surface area contributed by atoms with E-state index in [2.05, 4.69) is 4.90 Å². The number of likely N-dealkylation sites (N-methyl/N-ethyl adjacent to an activating group) is 1. The molecule has 3 fully saturated rings. The van der Waals surface area contributed by atoms with Crippen LogP contribution < -0.4 is 10.6 Å². The molecule has 1 amide bonds. The first-order valence-electron chi connectivity index (χ1n) is 14.7. The number of primary amides is 1. The molecule has 6 N–H and O–H groups in total. The third kappa shape index (κ3) is 3.93. The molecule has 1 aliphatic heterocycles. The molecule has 0 radical (unpaired) electrons. The Kier molecular flexibility index (Phi) is 6.71. The second kappa shape index (κ2) is 9.82. The van der Waals surface area contributed by atoms with Crippen molar-refractivity contribution in [2.24, 2.45) is 29.4 Å². The Labute approximate surface area is 244 Å². The summed E-state index contributed by atoms with van der Waals surface area (Å²) in [5.74, 6) is -5.00. The molecule has 6 rings (SSSR count). The minimum Gasteiger partial charge on any atom is -0.508 e. The van der Waals surface area contributed by atoms with Gasteiger partial charge in [0, 0.05) is 50.9 Å². The number of phenolic OH excluding ortho intramolecular Hbond substituents is 1. The Balaban J connectivity index is 1.47. The fraction of sp³-hybridized carbons (Fsp3) is 0.581. The minimum absolute atomic E-state index is 0.0686. The van der Waals surface area contributed by atoms with Gasteiger partial charge in [0.25, 0.3) is 5.91 Å². The molecule has 1 aromatic carbocycles. The molecule has 2 saturated carbocycles. The van der Waals surface area contributed by atoms with E-state index in [4.69, 9.17) is 5.73 Å². The molecule has 1 aromatic rings. The summed E-state index contributed by atoms with van der Waals surface area (Å²) in [4.78, 5) is 45.5. The van der Waals surface area contributed by atoms with Crippen molar-refractivity contribution in [3.63, 3.8) is 0 Å². The van der Waals surface area contributed by atoms with Gasteiger partial charge in [-0.3, -0.25) is 24.2 Å². The molecule has 5 aliphatic rings. The number of hydrogen-bond acceptors (Lipinski definition) is 10. The van der Waals surface area contributed by atoms with Crippen LogP contribution in [0.3, 0.4) is 0 Å². The summed E-state index contributed by atoms with van der Waals surface area (Å²) in [5, 5.41) is 45.7. The van der Waals surface area contributed by atoms with Crippen molar-refractivity contribution >= 4 is 28.9 Å². The number of ketones is 2. The smallest absolute Gasteiger partial charge is 0.255 e. The molecular weight excluding hydrogens is 540 g/mol. The highest BCUT2D eigenvalue weighted by atomic mass is 16.3. The van der Waals surface area contributed by atoms with Crippen molar-refractivity contribution in [1.29, 1.82) is 0 Å². The van der Waals surface area contributed by atoms with Gasteiger partial charge in [-0.25, -0.2) is 0 Å². The van der Waals surface area contributed by atoms with Crippen molar-refractivity contribution in [1.82, 2.24) is 9.80 Å². The third-order valence-corrected chi connectivity index (χ3v) is 10.4. The Morgan fingerprint density at radius 2 is 1.74 bits per heavy atom. The molecular formula is C31H40N4O7. The van der Waals surface area contributed by atoms with Crippen LogP contribution in [0, 0.1) is 23.7 Å². The zero-order valence-electron chi connectivity index (χ0n) is 24.6. The number of nitrogens with zero attached hydrogens (tertiary/aromatic N) is 3. The van der Waals surface area contributed by atoms with E-state index in [9.17, 15) is 34.8 Å². The van der Waals surface area contributed by atoms with Crippen molar-refractivity contribution in [3.8, 4) is 5.75 Å². The van der Waals surface area contributed by atoms with Gasteiger partial charge in [0.15, 0.2) is 11.4 Å². The summed E-state index contributed by atoms with van der Waals surface area (Å²) in [6, 6.07) is 0.541. The van der Waals surface area contributed by atoms with Crippen molar-refractivity contribution < 1.29 is 34.8 Å². The van der Waals surface area contributed by atoms with Gasteiger partial charge in [-0.1, -0.05) is 6.42 Å². The zero-order valence-corrected chi connectivity index (χ0v) is 24.6. The lowest BCUT2D eigenvalue weighted by atomic mass is 9.57. The number of carbonyl (C=O) groups excluding carboxylic acids is 3. The number of rotatable bonds is 5. The van der Waals surface area contributed by atoms with E-state index in [1.54, 1.807) is 20.2 Å². The number of phenols is 1. The first kappa shape index (κ1) is 28.7. The van der Waals surface area contributed by atoms with Crippen LogP contribution in [-0.4, -0.2) is 101 Å². The maximum absolute atomic E-state index is 14.1. The average Bonchev–Trinajstić information content (AvgIpc) is 3.47. The lowest BCUT2D eigenvalue weighted by Crippen LogP contribution is -2.65. The Morgan fingerprint density at radius 3 is 2.31 bits per heavy atom. The van der Waals surface area contributed by atoms with Gasteiger partial charge in [0.05, 0.1) is 11.6 Å². The second-order valence-electron chi connectivity index (χ2n) is 13.3. The number of anilines is 1. The molecule has 11 heteroatoms. The van der Waals surface area contributed by atoms with Crippen LogP contribution in [0.25, 0.3) is 5.76 Å². The van der Waals surface area contributed by atoms with Crippen LogP contribution >= 0.6 is 0 Å². The predicted octanol–water partition coefficient (Wildman–Crippen LogP) is 1.26. The van der Waals surface area contributed by atoms with E-state index in [0.29, 0.717) is 23.9 Å². The molecule has 0 spiro atoms. The van der Waals surface area contributed by atoms with Crippen molar-refractivity contribution in [3.05, 3.63) is 39.7 Å². The topological polar surface area (TPSA) is 168 Å². The number of aliphatic hydroxyl groups excluding tert-OH is 2. The largest absolute Gasteiger partial charge is 0.508 e. The van der Waals surface area contributed by atoms with Crippen LogP contribution in [0.4, 0.5) is 5.69 Å². The number of likely N-dealkylation sites (tertiary alicyclic amines) is 1. The van der Waals surface area contributed by atoms with Crippen molar-refractivity contribution in [2.45, 2.75) is 50.3 Å². The molecule has 1 heterocycles. The maximum atomic E-state index is 14.1. The first-order chi connectivity index (χ1) is 19.8. The quantitative estimate of drug-likeness (QED) is 0.320. The van der Waals surface area contributed by atoms with Gasteiger partial charge in [-0.2, -0.15) is 0 Å². The molecule has 42 heavy (non-hydrogen) atoms. The molecule has 226 valence electrons. The summed E-state index contributed by atoms with van der Waals surface area (Å²) < 4.78 is 0. The number of nitrogens with two attached hydrogens (primary N) is 1. The van der Waals surface area contributed by atoms with E-state index in [1.807, 2.05) is 19.0 Å². The second-order valence-corrected chi connectivity index (χ2v) is 13.3. The van der Waals surface area contributed by atoms with Crippen LogP contribution in [-0.2, 0) is 27.3 Å². The van der Waals surface area contributed by atoms with E-state index in [0.717, 1.165) is 24.3 Å². The normalized spacial score (nSPS) is 32.7. The average molecular weight is 581 g/mol. The maximum Gasteiger partial charge on any atom is 0.255 e. The lowest BCUT2D eigenvalue weighted by Gasteiger charge is -2.50. The van der Waals surface area contributed by atoms with E-state index >= 15 is 0 Å². The van der Waals surface area contributed by atoms with E-state index < -0.39 is 58.0 Å². The molecule has 11 nitrogen and oxygen atoms in total.